The average Bonchev–Trinajstić information content (AvgIpc) is 3.24. The van der Waals surface area contributed by atoms with E-state index in [1.165, 1.54) is 12.1 Å². The second-order valence-electron chi connectivity index (χ2n) is 9.65. The molecule has 0 aliphatic rings. The summed E-state index contributed by atoms with van der Waals surface area (Å²) >= 11 is 6.10. The van der Waals surface area contributed by atoms with Crippen LogP contribution >= 0.6 is 11.6 Å². The molecule has 0 radical (unpaired) electrons. The van der Waals surface area contributed by atoms with E-state index in [9.17, 15) is 9.18 Å². The van der Waals surface area contributed by atoms with E-state index in [0.29, 0.717) is 54.7 Å². The Morgan fingerprint density at radius 3 is 2.24 bits per heavy atom. The first-order valence-corrected chi connectivity index (χ1v) is 13.8. The number of fused-ring (bicyclic) bond motifs is 1. The number of imidazole rings is 1. The van der Waals surface area contributed by atoms with Crippen LogP contribution in [0, 0.1) is 11.2 Å². The smallest absolute Gasteiger partial charge is 0.238 e. The maximum atomic E-state index is 13.1. The Morgan fingerprint density at radius 2 is 1.51 bits per heavy atom. The minimum absolute atomic E-state index is 0.160. The van der Waals surface area contributed by atoms with Gasteiger partial charge in [0.25, 0.3) is 0 Å². The van der Waals surface area contributed by atoms with Crippen LogP contribution in [0.4, 0.5) is 10.1 Å². The molecule has 0 saturated heterocycles. The summed E-state index contributed by atoms with van der Waals surface area (Å²) in [5, 5.41) is 15.4. The molecule has 210 valence electrons. The van der Waals surface area contributed by atoms with Gasteiger partial charge in [-0.1, -0.05) is 60.1 Å². The Hall–Kier alpha value is -4.40. The van der Waals surface area contributed by atoms with Crippen LogP contribution in [0.25, 0.3) is 11.0 Å². The van der Waals surface area contributed by atoms with Crippen LogP contribution < -0.4 is 21.0 Å². The zero-order valence-electron chi connectivity index (χ0n) is 22.4. The van der Waals surface area contributed by atoms with E-state index in [0.717, 1.165) is 22.2 Å². The maximum absolute atomic E-state index is 13.1. The van der Waals surface area contributed by atoms with Crippen LogP contribution in [0.3, 0.4) is 0 Å². The molecule has 0 aliphatic carbocycles. The van der Waals surface area contributed by atoms with Crippen molar-refractivity contribution in [1.29, 1.82) is 5.41 Å². The van der Waals surface area contributed by atoms with Gasteiger partial charge in [-0.2, -0.15) is 0 Å². The predicted molar refractivity (Wildman–Crippen MR) is 160 cm³/mol. The lowest BCUT2D eigenvalue weighted by Crippen LogP contribution is -2.27. The van der Waals surface area contributed by atoms with Crippen LogP contribution in [0.15, 0.2) is 97.1 Å². The normalized spacial score (nSPS) is 11.1. The lowest BCUT2D eigenvalue weighted by Gasteiger charge is -2.09. The summed E-state index contributed by atoms with van der Waals surface area (Å²) in [6, 6.07) is 29.3. The third-order valence-electron chi connectivity index (χ3n) is 6.71. The lowest BCUT2D eigenvalue weighted by molar-refractivity contribution is -0.115. The highest BCUT2D eigenvalue weighted by Gasteiger charge is 2.11. The summed E-state index contributed by atoms with van der Waals surface area (Å²) in [4.78, 5) is 12.2. The van der Waals surface area contributed by atoms with E-state index in [2.05, 4.69) is 22.8 Å². The van der Waals surface area contributed by atoms with Gasteiger partial charge in [0, 0.05) is 13.1 Å². The lowest BCUT2D eigenvalue weighted by atomic mass is 10.1. The largest absolute Gasteiger partial charge is 0.494 e. The number of nitrogens with one attached hydrogen (secondary N) is 3. The maximum Gasteiger partial charge on any atom is 0.238 e. The molecule has 0 atom stereocenters. The van der Waals surface area contributed by atoms with Crippen molar-refractivity contribution in [2.75, 3.05) is 18.5 Å². The van der Waals surface area contributed by atoms with Gasteiger partial charge >= 0.3 is 0 Å². The molecule has 0 saturated carbocycles. The van der Waals surface area contributed by atoms with Gasteiger partial charge in [-0.15, -0.1) is 0 Å². The van der Waals surface area contributed by atoms with Crippen molar-refractivity contribution in [2.45, 2.75) is 26.1 Å². The van der Waals surface area contributed by atoms with Crippen molar-refractivity contribution in [3.63, 3.8) is 0 Å². The highest BCUT2D eigenvalue weighted by Crippen LogP contribution is 2.20. The quantitative estimate of drug-likeness (QED) is 0.162. The Kier molecular flexibility index (Phi) is 9.13. The summed E-state index contributed by atoms with van der Waals surface area (Å²) in [5.41, 5.74) is 5.13. The minimum atomic E-state index is -0.291. The molecule has 0 fully saturated rings. The van der Waals surface area contributed by atoms with E-state index in [1.807, 2.05) is 57.7 Å². The highest BCUT2D eigenvalue weighted by molar-refractivity contribution is 6.33. The van der Waals surface area contributed by atoms with Crippen molar-refractivity contribution in [2.24, 2.45) is 0 Å². The molecule has 1 heterocycles. The molecule has 7 nitrogen and oxygen atoms in total. The number of carbonyl (C=O) groups excluding carboxylic acids is 1. The number of nitrogens with zero attached hydrogens (tertiary/aromatic N) is 2. The highest BCUT2D eigenvalue weighted by atomic mass is 35.5. The number of hydrogen-bond acceptors (Lipinski definition) is 4. The molecule has 5 aromatic rings. The first-order chi connectivity index (χ1) is 20.0. The van der Waals surface area contributed by atoms with Gasteiger partial charge in [0.05, 0.1) is 41.4 Å². The van der Waals surface area contributed by atoms with E-state index in [-0.39, 0.29) is 18.3 Å². The topological polar surface area (TPSA) is 84.1 Å². The van der Waals surface area contributed by atoms with Crippen molar-refractivity contribution in [1.82, 2.24) is 14.5 Å². The van der Waals surface area contributed by atoms with Gasteiger partial charge in [0.15, 0.2) is 0 Å². The Labute approximate surface area is 242 Å². The molecular weight excluding hydrogens is 541 g/mol. The summed E-state index contributed by atoms with van der Waals surface area (Å²) in [6.07, 6.45) is 0.708. The van der Waals surface area contributed by atoms with Crippen LogP contribution in [-0.2, 0) is 24.4 Å². The summed E-state index contributed by atoms with van der Waals surface area (Å²) in [5.74, 6) is 0.178. The fourth-order valence-electron chi connectivity index (χ4n) is 4.65. The summed E-state index contributed by atoms with van der Waals surface area (Å²) in [6.45, 7) is 2.37. The van der Waals surface area contributed by atoms with Gasteiger partial charge in [0.1, 0.15) is 11.6 Å². The molecule has 4 aromatic carbocycles. The van der Waals surface area contributed by atoms with Gasteiger partial charge in [0.2, 0.25) is 11.5 Å². The van der Waals surface area contributed by atoms with Crippen molar-refractivity contribution >= 4 is 34.2 Å². The molecule has 5 rings (SSSR count). The molecule has 9 heteroatoms. The zero-order chi connectivity index (χ0) is 28.6. The Balaban J connectivity index is 1.17. The Morgan fingerprint density at radius 1 is 0.854 bits per heavy atom. The fourth-order valence-corrected chi connectivity index (χ4v) is 4.83. The third kappa shape index (κ3) is 7.22. The second kappa shape index (κ2) is 13.3. The van der Waals surface area contributed by atoms with Crippen molar-refractivity contribution in [3.8, 4) is 5.75 Å². The molecular formula is C32H31ClFN5O2. The SMILES string of the molecule is N=c1n(CCCOc2ccc(F)cc2)c2ccccc2n1Cc1ccc(CNCC(=O)Nc2ccccc2Cl)cc1. The van der Waals surface area contributed by atoms with E-state index < -0.39 is 0 Å². The first kappa shape index (κ1) is 28.1. The minimum Gasteiger partial charge on any atom is -0.494 e. The Bertz CT molecular complexity index is 1680. The zero-order valence-corrected chi connectivity index (χ0v) is 23.2. The standard InChI is InChI=1S/C32H31ClFN5O2/c33-27-6-1-2-7-28(27)37-31(40)21-36-20-23-10-12-24(13-11-23)22-39-30-9-4-3-8-29(30)38(32(39)35)18-5-19-41-26-16-14-25(34)15-17-26/h1-4,6-17,35-36H,5,18-22H2,(H,37,40). The number of para-hydroxylation sites is 3. The number of benzene rings is 4. The number of carbonyl (C=O) groups is 1. The van der Waals surface area contributed by atoms with Crippen LogP contribution in [0.1, 0.15) is 17.5 Å². The average molecular weight is 572 g/mol. The number of hydrogen-bond donors (Lipinski definition) is 3. The molecule has 1 aromatic heterocycles. The van der Waals surface area contributed by atoms with Crippen molar-refractivity contribution in [3.05, 3.63) is 125 Å². The number of anilines is 1. The molecule has 0 bridgehead atoms. The van der Waals surface area contributed by atoms with Crippen LogP contribution in [0.5, 0.6) is 5.75 Å². The number of halogens is 2. The van der Waals surface area contributed by atoms with E-state index in [1.54, 1.807) is 24.3 Å². The van der Waals surface area contributed by atoms with Crippen LogP contribution in [-0.4, -0.2) is 28.2 Å². The van der Waals surface area contributed by atoms with Crippen LogP contribution in [0.2, 0.25) is 5.02 Å². The molecule has 0 aliphatic heterocycles. The predicted octanol–water partition coefficient (Wildman–Crippen LogP) is 5.96. The molecule has 0 unspecified atom stereocenters. The third-order valence-corrected chi connectivity index (χ3v) is 7.04. The molecule has 3 N–H and O–H groups in total. The molecule has 41 heavy (non-hydrogen) atoms. The summed E-state index contributed by atoms with van der Waals surface area (Å²) < 4.78 is 22.9. The number of aryl methyl sites for hydroxylation is 1. The number of rotatable bonds is 12. The fraction of sp³-hybridized carbons (Fsp3) is 0.188. The first-order valence-electron chi connectivity index (χ1n) is 13.4. The number of amides is 1. The molecule has 1 amide bonds. The van der Waals surface area contributed by atoms with Gasteiger partial charge in [-0.25, -0.2) is 4.39 Å². The monoisotopic (exact) mass is 571 g/mol. The van der Waals surface area contributed by atoms with Crippen molar-refractivity contribution < 1.29 is 13.9 Å². The number of aromatic nitrogens is 2. The summed E-state index contributed by atoms with van der Waals surface area (Å²) in [7, 11) is 0. The second-order valence-corrected chi connectivity index (χ2v) is 10.1. The van der Waals surface area contributed by atoms with Gasteiger partial charge in [-0.05, 0) is 66.1 Å². The van der Waals surface area contributed by atoms with E-state index >= 15 is 0 Å². The van der Waals surface area contributed by atoms with Gasteiger partial charge in [-0.3, -0.25) is 10.2 Å². The molecule has 0 spiro atoms. The van der Waals surface area contributed by atoms with E-state index in [4.69, 9.17) is 21.7 Å². The van der Waals surface area contributed by atoms with Gasteiger partial charge < -0.3 is 24.5 Å². The number of ether oxygens (including phenoxy) is 1.